The predicted molar refractivity (Wildman–Crippen MR) is 68.9 cm³/mol. The van der Waals surface area contributed by atoms with Crippen LogP contribution in [0.2, 0.25) is 0 Å². The van der Waals surface area contributed by atoms with E-state index in [2.05, 4.69) is 5.32 Å². The number of benzene rings is 1. The van der Waals surface area contributed by atoms with E-state index in [1.165, 1.54) is 19.2 Å². The smallest absolute Gasteiger partial charge is 0.245 e. The van der Waals surface area contributed by atoms with Crippen molar-refractivity contribution in [3.05, 3.63) is 29.6 Å². The molecular formula is C13H19FN2O2. The molecule has 0 saturated heterocycles. The Kier molecular flexibility index (Phi) is 4.67. The van der Waals surface area contributed by atoms with E-state index in [1.807, 2.05) is 6.92 Å². The fourth-order valence-corrected chi connectivity index (χ4v) is 1.86. The molecule has 3 N–H and O–H groups in total. The molecule has 100 valence electrons. The third kappa shape index (κ3) is 3.20. The van der Waals surface area contributed by atoms with Crippen molar-refractivity contribution in [2.75, 3.05) is 19.0 Å². The van der Waals surface area contributed by atoms with Crippen LogP contribution in [0.1, 0.15) is 18.9 Å². The van der Waals surface area contributed by atoms with Crippen LogP contribution in [-0.4, -0.2) is 25.2 Å². The maximum Gasteiger partial charge on any atom is 0.245 e. The van der Waals surface area contributed by atoms with Gasteiger partial charge in [-0.3, -0.25) is 4.79 Å². The van der Waals surface area contributed by atoms with Gasteiger partial charge in [0.25, 0.3) is 0 Å². The minimum Gasteiger partial charge on any atom is -0.382 e. The highest BCUT2D eigenvalue weighted by molar-refractivity contribution is 5.88. The molecule has 1 rings (SSSR count). The molecule has 1 aromatic rings. The topological polar surface area (TPSA) is 64.3 Å². The van der Waals surface area contributed by atoms with Crippen LogP contribution in [-0.2, 0) is 9.53 Å². The monoisotopic (exact) mass is 254 g/mol. The van der Waals surface area contributed by atoms with Gasteiger partial charge in [-0.15, -0.1) is 0 Å². The Bertz CT molecular complexity index is 417. The number of halogens is 1. The molecule has 0 fully saturated rings. The van der Waals surface area contributed by atoms with Gasteiger partial charge >= 0.3 is 0 Å². The van der Waals surface area contributed by atoms with Gasteiger partial charge in [-0.2, -0.15) is 0 Å². The maximum absolute atomic E-state index is 13.3. The van der Waals surface area contributed by atoms with E-state index in [0.717, 1.165) is 5.56 Å². The number of carbonyl (C=O) groups is 1. The number of ether oxygens (including phenoxy) is 1. The molecule has 0 aliphatic heterocycles. The summed E-state index contributed by atoms with van der Waals surface area (Å²) in [4.78, 5) is 11.6. The number of amides is 1. The molecule has 0 saturated carbocycles. The van der Waals surface area contributed by atoms with Gasteiger partial charge in [-0.1, -0.05) is 6.92 Å². The standard InChI is InChI=1S/C13H19FN2O2/c1-4-13(8-18-3,12(15)17)16-11-6-9(2)5-10(14)7-11/h5-7,16H,4,8H2,1-3H3,(H2,15,17). The Hall–Kier alpha value is -1.62. The first-order valence-corrected chi connectivity index (χ1v) is 5.77. The van der Waals surface area contributed by atoms with Gasteiger partial charge in [0.15, 0.2) is 0 Å². The number of nitrogens with one attached hydrogen (secondary N) is 1. The Balaban J connectivity index is 3.05. The van der Waals surface area contributed by atoms with Crippen molar-refractivity contribution in [1.82, 2.24) is 0 Å². The van der Waals surface area contributed by atoms with E-state index in [-0.39, 0.29) is 12.4 Å². The SMILES string of the molecule is CCC(COC)(Nc1cc(C)cc(F)c1)C(N)=O. The fraction of sp³-hybridized carbons (Fsp3) is 0.462. The highest BCUT2D eigenvalue weighted by Crippen LogP contribution is 2.21. The van der Waals surface area contributed by atoms with Crippen LogP contribution in [0.5, 0.6) is 0 Å². The Morgan fingerprint density at radius 1 is 1.50 bits per heavy atom. The Morgan fingerprint density at radius 3 is 2.61 bits per heavy atom. The molecule has 0 heterocycles. The van der Waals surface area contributed by atoms with Crippen LogP contribution in [0.3, 0.4) is 0 Å². The van der Waals surface area contributed by atoms with Gasteiger partial charge < -0.3 is 15.8 Å². The van der Waals surface area contributed by atoms with Crippen LogP contribution < -0.4 is 11.1 Å². The zero-order valence-electron chi connectivity index (χ0n) is 10.9. The maximum atomic E-state index is 13.3. The largest absolute Gasteiger partial charge is 0.382 e. The van der Waals surface area contributed by atoms with Crippen LogP contribution in [0.4, 0.5) is 10.1 Å². The van der Waals surface area contributed by atoms with Crippen molar-refractivity contribution in [3.8, 4) is 0 Å². The van der Waals surface area contributed by atoms with E-state index in [1.54, 1.807) is 13.0 Å². The molecule has 0 bridgehead atoms. The van der Waals surface area contributed by atoms with Gasteiger partial charge in [-0.25, -0.2) is 4.39 Å². The first kappa shape index (κ1) is 14.4. The van der Waals surface area contributed by atoms with Crippen molar-refractivity contribution in [1.29, 1.82) is 0 Å². The first-order chi connectivity index (χ1) is 8.43. The van der Waals surface area contributed by atoms with Gasteiger partial charge in [0.1, 0.15) is 11.4 Å². The molecule has 1 aromatic carbocycles. The second kappa shape index (κ2) is 5.82. The van der Waals surface area contributed by atoms with E-state index < -0.39 is 11.4 Å². The van der Waals surface area contributed by atoms with Crippen molar-refractivity contribution in [3.63, 3.8) is 0 Å². The number of hydrogen-bond donors (Lipinski definition) is 2. The van der Waals surface area contributed by atoms with E-state index in [4.69, 9.17) is 10.5 Å². The molecule has 1 atom stereocenters. The minimum atomic E-state index is -1.02. The van der Waals surface area contributed by atoms with Crippen molar-refractivity contribution in [2.45, 2.75) is 25.8 Å². The molecular weight excluding hydrogens is 235 g/mol. The lowest BCUT2D eigenvalue weighted by atomic mass is 9.95. The zero-order chi connectivity index (χ0) is 13.8. The molecule has 0 radical (unpaired) electrons. The zero-order valence-corrected chi connectivity index (χ0v) is 10.9. The predicted octanol–water partition coefficient (Wildman–Crippen LogP) is 1.83. The van der Waals surface area contributed by atoms with Crippen molar-refractivity contribution < 1.29 is 13.9 Å². The van der Waals surface area contributed by atoms with Gasteiger partial charge in [0.2, 0.25) is 5.91 Å². The molecule has 5 heteroatoms. The number of aryl methyl sites for hydroxylation is 1. The lowest BCUT2D eigenvalue weighted by Gasteiger charge is -2.31. The van der Waals surface area contributed by atoms with Crippen LogP contribution in [0, 0.1) is 12.7 Å². The summed E-state index contributed by atoms with van der Waals surface area (Å²) < 4.78 is 18.3. The Labute approximate surface area is 106 Å². The molecule has 4 nitrogen and oxygen atoms in total. The fourth-order valence-electron chi connectivity index (χ4n) is 1.86. The average molecular weight is 254 g/mol. The number of rotatable bonds is 6. The second-order valence-corrected chi connectivity index (χ2v) is 4.38. The summed E-state index contributed by atoms with van der Waals surface area (Å²) in [6, 6.07) is 4.50. The summed E-state index contributed by atoms with van der Waals surface area (Å²) in [6.07, 6.45) is 0.450. The summed E-state index contributed by atoms with van der Waals surface area (Å²) in [7, 11) is 1.49. The summed E-state index contributed by atoms with van der Waals surface area (Å²) in [5.41, 5.74) is 5.68. The lowest BCUT2D eigenvalue weighted by molar-refractivity contribution is -0.124. The highest BCUT2D eigenvalue weighted by atomic mass is 19.1. The van der Waals surface area contributed by atoms with Crippen LogP contribution in [0.25, 0.3) is 0 Å². The van der Waals surface area contributed by atoms with E-state index in [0.29, 0.717) is 12.1 Å². The van der Waals surface area contributed by atoms with E-state index in [9.17, 15) is 9.18 Å². The highest BCUT2D eigenvalue weighted by Gasteiger charge is 2.34. The third-order valence-corrected chi connectivity index (χ3v) is 2.89. The molecule has 0 spiro atoms. The molecule has 1 unspecified atom stereocenters. The third-order valence-electron chi connectivity index (χ3n) is 2.89. The molecule has 1 amide bonds. The van der Waals surface area contributed by atoms with Gasteiger partial charge in [-0.05, 0) is 37.1 Å². The number of hydrogen-bond acceptors (Lipinski definition) is 3. The number of primary amides is 1. The molecule has 18 heavy (non-hydrogen) atoms. The van der Waals surface area contributed by atoms with Crippen LogP contribution >= 0.6 is 0 Å². The number of carbonyl (C=O) groups excluding carboxylic acids is 1. The quantitative estimate of drug-likeness (QED) is 0.814. The van der Waals surface area contributed by atoms with Gasteiger partial charge in [0.05, 0.1) is 6.61 Å². The lowest BCUT2D eigenvalue weighted by Crippen LogP contribution is -2.53. The van der Waals surface area contributed by atoms with Gasteiger partial charge in [0, 0.05) is 12.8 Å². The average Bonchev–Trinajstić information content (AvgIpc) is 2.26. The number of nitrogens with two attached hydrogens (primary N) is 1. The minimum absolute atomic E-state index is 0.133. The van der Waals surface area contributed by atoms with Crippen molar-refractivity contribution >= 4 is 11.6 Å². The molecule has 0 aliphatic rings. The number of anilines is 1. The second-order valence-electron chi connectivity index (χ2n) is 4.38. The summed E-state index contributed by atoms with van der Waals surface area (Å²) in [5, 5.41) is 2.98. The van der Waals surface area contributed by atoms with Crippen LogP contribution in [0.15, 0.2) is 18.2 Å². The van der Waals surface area contributed by atoms with Crippen molar-refractivity contribution in [2.24, 2.45) is 5.73 Å². The normalized spacial score (nSPS) is 14.0. The molecule has 0 aromatic heterocycles. The first-order valence-electron chi connectivity index (χ1n) is 5.77. The molecule has 0 aliphatic carbocycles. The summed E-state index contributed by atoms with van der Waals surface area (Å²) >= 11 is 0. The summed E-state index contributed by atoms with van der Waals surface area (Å²) in [6.45, 7) is 3.74. The Morgan fingerprint density at radius 2 is 2.17 bits per heavy atom. The van der Waals surface area contributed by atoms with E-state index >= 15 is 0 Å². The number of methoxy groups -OCH3 is 1. The summed E-state index contributed by atoms with van der Waals surface area (Å²) in [5.74, 6) is -0.877.